The van der Waals surface area contributed by atoms with Crippen molar-refractivity contribution in [2.45, 2.75) is 33.0 Å². The summed E-state index contributed by atoms with van der Waals surface area (Å²) in [5.41, 5.74) is 5.70. The Hall–Kier alpha value is -3.67. The Morgan fingerprint density at radius 2 is 1.72 bits per heavy atom. The normalized spacial score (nSPS) is 15.7. The molecule has 1 aliphatic rings. The topological polar surface area (TPSA) is 51.3 Å². The van der Waals surface area contributed by atoms with Crippen LogP contribution in [0.4, 0.5) is 4.39 Å². The monoisotopic (exact) mass is 428 g/mol. The van der Waals surface area contributed by atoms with Gasteiger partial charge < -0.3 is 5.32 Å². The van der Waals surface area contributed by atoms with Crippen LogP contribution in [0.25, 0.3) is 11.0 Å². The van der Waals surface area contributed by atoms with Crippen molar-refractivity contribution in [3.05, 3.63) is 105 Å². The number of rotatable bonds is 5. The summed E-state index contributed by atoms with van der Waals surface area (Å²) in [4.78, 5) is 18.1. The van der Waals surface area contributed by atoms with Crippen molar-refractivity contribution < 1.29 is 4.39 Å². The van der Waals surface area contributed by atoms with E-state index < -0.39 is 0 Å². The fraction of sp³-hybridized carbons (Fsp3) is 0.231. The number of halogens is 1. The Morgan fingerprint density at radius 1 is 0.969 bits per heavy atom. The Kier molecular flexibility index (Phi) is 5.13. The number of nitrogens with zero attached hydrogens (tertiary/aromatic N) is 3. The molecule has 3 aromatic carbocycles. The summed E-state index contributed by atoms with van der Waals surface area (Å²) in [5.74, 6) is 0.566. The smallest absolute Gasteiger partial charge is 0.329 e. The van der Waals surface area contributed by atoms with Crippen LogP contribution in [0.3, 0.4) is 0 Å². The lowest BCUT2D eigenvalue weighted by Gasteiger charge is -2.08. The molecule has 1 atom stereocenters. The molecular weight excluding hydrogens is 403 g/mol. The largest absolute Gasteiger partial charge is 0.366 e. The number of amidine groups is 1. The molecule has 6 heteroatoms. The zero-order chi connectivity index (χ0) is 22.2. The molecule has 0 aliphatic carbocycles. The first kappa shape index (κ1) is 20.2. The van der Waals surface area contributed by atoms with E-state index in [0.29, 0.717) is 19.1 Å². The number of hydrogen-bond donors (Lipinski definition) is 1. The molecule has 32 heavy (non-hydrogen) atoms. The van der Waals surface area contributed by atoms with E-state index in [-0.39, 0.29) is 11.5 Å². The Bertz CT molecular complexity index is 1380. The standard InChI is InChI=1S/C26H25FN4O/c1-17-4-3-5-20(12-17)16-30-23-11-8-21(25-28-14-18(2)29-25)13-24(23)31(26(30)32)15-19-6-9-22(27)10-7-19/h3-13,18H,14-16H2,1-2H3,(H,28,29). The number of benzene rings is 3. The van der Waals surface area contributed by atoms with Gasteiger partial charge >= 0.3 is 5.69 Å². The average Bonchev–Trinajstić information content (AvgIpc) is 3.32. The van der Waals surface area contributed by atoms with Crippen molar-refractivity contribution in [1.29, 1.82) is 0 Å². The summed E-state index contributed by atoms with van der Waals surface area (Å²) in [6, 6.07) is 20.8. The maximum absolute atomic E-state index is 13.5. The van der Waals surface area contributed by atoms with Crippen molar-refractivity contribution in [2.24, 2.45) is 4.99 Å². The lowest BCUT2D eigenvalue weighted by atomic mass is 10.1. The highest BCUT2D eigenvalue weighted by molar-refractivity contribution is 6.02. The van der Waals surface area contributed by atoms with Crippen molar-refractivity contribution >= 4 is 16.9 Å². The highest BCUT2D eigenvalue weighted by atomic mass is 19.1. The molecule has 1 aliphatic heterocycles. The number of nitrogens with one attached hydrogen (secondary N) is 1. The van der Waals surface area contributed by atoms with Gasteiger partial charge in [0, 0.05) is 11.6 Å². The molecule has 5 nitrogen and oxygen atoms in total. The number of aromatic nitrogens is 2. The first-order valence-corrected chi connectivity index (χ1v) is 10.8. The molecule has 1 aromatic heterocycles. The third-order valence-corrected chi connectivity index (χ3v) is 5.88. The second-order valence-electron chi connectivity index (χ2n) is 8.51. The molecule has 1 N–H and O–H groups in total. The summed E-state index contributed by atoms with van der Waals surface area (Å²) in [5, 5.41) is 3.39. The van der Waals surface area contributed by atoms with Crippen LogP contribution in [0.1, 0.15) is 29.2 Å². The molecule has 0 bridgehead atoms. The van der Waals surface area contributed by atoms with E-state index in [1.165, 1.54) is 12.1 Å². The quantitative estimate of drug-likeness (QED) is 0.521. The SMILES string of the molecule is Cc1cccc(Cn2c(=O)n(Cc3ccc(F)cc3)c3cc(C4=NCC(C)N4)ccc32)c1. The lowest BCUT2D eigenvalue weighted by molar-refractivity contribution is 0.626. The third kappa shape index (κ3) is 3.84. The summed E-state index contributed by atoms with van der Waals surface area (Å²) in [6.45, 7) is 5.74. The highest BCUT2D eigenvalue weighted by Gasteiger charge is 2.19. The van der Waals surface area contributed by atoms with Crippen LogP contribution in [-0.4, -0.2) is 27.6 Å². The first-order chi connectivity index (χ1) is 15.5. The van der Waals surface area contributed by atoms with Crippen LogP contribution in [0.15, 0.2) is 76.5 Å². The van der Waals surface area contributed by atoms with Crippen molar-refractivity contribution in [3.63, 3.8) is 0 Å². The maximum atomic E-state index is 13.5. The minimum absolute atomic E-state index is 0.0855. The number of hydrogen-bond acceptors (Lipinski definition) is 3. The third-order valence-electron chi connectivity index (χ3n) is 5.88. The second-order valence-corrected chi connectivity index (χ2v) is 8.51. The van der Waals surface area contributed by atoms with E-state index >= 15 is 0 Å². The highest BCUT2D eigenvalue weighted by Crippen LogP contribution is 2.20. The fourth-order valence-electron chi connectivity index (χ4n) is 4.27. The molecule has 1 unspecified atom stereocenters. The van der Waals surface area contributed by atoms with Gasteiger partial charge in [-0.25, -0.2) is 9.18 Å². The van der Waals surface area contributed by atoms with Gasteiger partial charge in [-0.1, -0.05) is 42.0 Å². The van der Waals surface area contributed by atoms with Crippen LogP contribution in [-0.2, 0) is 13.1 Å². The molecule has 0 saturated heterocycles. The van der Waals surface area contributed by atoms with Gasteiger partial charge in [-0.2, -0.15) is 0 Å². The van der Waals surface area contributed by atoms with Crippen LogP contribution in [0.5, 0.6) is 0 Å². The maximum Gasteiger partial charge on any atom is 0.329 e. The second kappa shape index (κ2) is 8.11. The van der Waals surface area contributed by atoms with Crippen molar-refractivity contribution in [1.82, 2.24) is 14.5 Å². The van der Waals surface area contributed by atoms with E-state index in [2.05, 4.69) is 23.3 Å². The zero-order valence-corrected chi connectivity index (χ0v) is 18.2. The molecular formula is C26H25FN4O. The van der Waals surface area contributed by atoms with Gasteiger partial charge in [-0.15, -0.1) is 0 Å². The van der Waals surface area contributed by atoms with E-state index in [1.54, 1.807) is 16.7 Å². The summed E-state index contributed by atoms with van der Waals surface area (Å²) < 4.78 is 17.0. The van der Waals surface area contributed by atoms with Gasteiger partial charge in [0.1, 0.15) is 11.7 Å². The van der Waals surface area contributed by atoms with Gasteiger partial charge in [-0.05, 0) is 55.3 Å². The van der Waals surface area contributed by atoms with Crippen LogP contribution in [0.2, 0.25) is 0 Å². The Balaban J connectivity index is 1.63. The minimum Gasteiger partial charge on any atom is -0.366 e. The number of imidazole rings is 1. The number of fused-ring (bicyclic) bond motifs is 1. The number of aryl methyl sites for hydroxylation is 1. The van der Waals surface area contributed by atoms with E-state index in [9.17, 15) is 9.18 Å². The summed E-state index contributed by atoms with van der Waals surface area (Å²) >= 11 is 0. The zero-order valence-electron chi connectivity index (χ0n) is 18.2. The lowest BCUT2D eigenvalue weighted by Crippen LogP contribution is -2.27. The number of aliphatic imine (C=N–C) groups is 1. The average molecular weight is 429 g/mol. The molecule has 2 heterocycles. The van der Waals surface area contributed by atoms with E-state index in [1.807, 2.05) is 47.9 Å². The van der Waals surface area contributed by atoms with Gasteiger partial charge in [-0.3, -0.25) is 14.1 Å². The van der Waals surface area contributed by atoms with E-state index in [4.69, 9.17) is 0 Å². The molecule has 0 fully saturated rings. The van der Waals surface area contributed by atoms with Gasteiger partial charge in [0.2, 0.25) is 0 Å². The Morgan fingerprint density at radius 3 is 2.44 bits per heavy atom. The van der Waals surface area contributed by atoms with Gasteiger partial charge in [0.15, 0.2) is 0 Å². The molecule has 0 spiro atoms. The summed E-state index contributed by atoms with van der Waals surface area (Å²) in [7, 11) is 0. The van der Waals surface area contributed by atoms with Crippen molar-refractivity contribution in [3.8, 4) is 0 Å². The summed E-state index contributed by atoms with van der Waals surface area (Å²) in [6.07, 6.45) is 0. The van der Waals surface area contributed by atoms with Gasteiger partial charge in [0.05, 0.1) is 30.7 Å². The first-order valence-electron chi connectivity index (χ1n) is 10.8. The molecule has 162 valence electrons. The predicted octanol–water partition coefficient (Wildman–Crippen LogP) is 4.09. The Labute approximate surface area is 185 Å². The van der Waals surface area contributed by atoms with Crippen LogP contribution < -0.4 is 11.0 Å². The predicted molar refractivity (Wildman–Crippen MR) is 126 cm³/mol. The van der Waals surface area contributed by atoms with E-state index in [0.717, 1.165) is 45.7 Å². The molecule has 0 radical (unpaired) electrons. The minimum atomic E-state index is -0.287. The van der Waals surface area contributed by atoms with Gasteiger partial charge in [0.25, 0.3) is 0 Å². The molecule has 4 aromatic rings. The molecule has 0 saturated carbocycles. The fourth-order valence-corrected chi connectivity index (χ4v) is 4.27. The molecule has 5 rings (SSSR count). The van der Waals surface area contributed by atoms with Crippen LogP contribution in [0, 0.1) is 12.7 Å². The van der Waals surface area contributed by atoms with Crippen LogP contribution >= 0.6 is 0 Å². The van der Waals surface area contributed by atoms with Crippen molar-refractivity contribution in [2.75, 3.05) is 6.54 Å². The molecule has 0 amide bonds.